The van der Waals surface area contributed by atoms with Gasteiger partial charge in [0.2, 0.25) is 0 Å². The Morgan fingerprint density at radius 2 is 1.75 bits per heavy atom. The Hall–Kier alpha value is -0.870. The summed E-state index contributed by atoms with van der Waals surface area (Å²) in [6.07, 6.45) is 8.38. The van der Waals surface area contributed by atoms with Gasteiger partial charge in [0.15, 0.2) is 0 Å². The van der Waals surface area contributed by atoms with Crippen molar-refractivity contribution in [2.24, 2.45) is 34.0 Å². The Bertz CT molecular complexity index is 816. The summed E-state index contributed by atoms with van der Waals surface area (Å²) < 4.78 is 11.0. The molecule has 0 amide bonds. The number of fused-ring (bicyclic) bond motifs is 3. The van der Waals surface area contributed by atoms with Gasteiger partial charge in [0.05, 0.1) is 19.8 Å². The molecule has 6 unspecified atom stereocenters. The quantitative estimate of drug-likeness (QED) is 0.416. The van der Waals surface area contributed by atoms with Gasteiger partial charge in [-0.2, -0.15) is 0 Å². The van der Waals surface area contributed by atoms with Crippen LogP contribution in [0.2, 0.25) is 0 Å². The molecule has 1 aromatic rings. The maximum atomic E-state index is 12.2. The molecule has 3 aliphatic rings. The highest BCUT2D eigenvalue weighted by atomic mass is 32.2. The molecule has 1 N–H and O–H groups in total. The number of hydrogen-bond donors (Lipinski definition) is 1. The van der Waals surface area contributed by atoms with E-state index in [0.717, 1.165) is 30.1 Å². The number of thioether (sulfide) groups is 1. The molecule has 3 aliphatic carbocycles. The number of aliphatic hydroxyl groups is 1. The van der Waals surface area contributed by atoms with E-state index in [0.29, 0.717) is 23.2 Å². The molecular formula is C28H44O3S. The zero-order valence-corrected chi connectivity index (χ0v) is 22.1. The highest BCUT2D eigenvalue weighted by Gasteiger charge is 2.81. The van der Waals surface area contributed by atoms with Gasteiger partial charge in [0, 0.05) is 22.1 Å². The van der Waals surface area contributed by atoms with Crippen LogP contribution in [0.15, 0.2) is 23.1 Å². The van der Waals surface area contributed by atoms with Crippen molar-refractivity contribution in [3.63, 3.8) is 0 Å². The zero-order chi connectivity index (χ0) is 23.4. The number of benzene rings is 1. The topological polar surface area (TPSA) is 38.7 Å². The van der Waals surface area contributed by atoms with Crippen LogP contribution >= 0.6 is 11.8 Å². The lowest BCUT2D eigenvalue weighted by Crippen LogP contribution is -2.57. The average molecular weight is 461 g/mol. The summed E-state index contributed by atoms with van der Waals surface area (Å²) >= 11 is 1.89. The summed E-state index contributed by atoms with van der Waals surface area (Å²) in [4.78, 5) is 1.17. The summed E-state index contributed by atoms with van der Waals surface area (Å²) in [5.74, 6) is 4.41. The second kappa shape index (κ2) is 8.41. The molecule has 3 fully saturated rings. The van der Waals surface area contributed by atoms with E-state index in [4.69, 9.17) is 9.47 Å². The Morgan fingerprint density at radius 3 is 2.34 bits per heavy atom. The largest absolute Gasteiger partial charge is 0.497 e. The number of ether oxygens (including phenoxy) is 2. The van der Waals surface area contributed by atoms with Gasteiger partial charge in [-0.1, -0.05) is 47.5 Å². The van der Waals surface area contributed by atoms with Crippen molar-refractivity contribution in [2.75, 3.05) is 20.0 Å². The fourth-order valence-corrected chi connectivity index (χ4v) is 9.25. The third-order valence-corrected chi connectivity index (χ3v) is 11.2. The number of methoxy groups -OCH3 is 2. The lowest BCUT2D eigenvalue weighted by atomic mass is 9.45. The molecule has 0 aliphatic heterocycles. The summed E-state index contributed by atoms with van der Waals surface area (Å²) in [6.45, 7) is 12.2. The molecule has 4 heteroatoms. The van der Waals surface area contributed by atoms with Crippen molar-refractivity contribution < 1.29 is 14.6 Å². The van der Waals surface area contributed by atoms with Crippen LogP contribution in [0.1, 0.15) is 79.6 Å². The molecule has 0 saturated heterocycles. The van der Waals surface area contributed by atoms with Gasteiger partial charge in [-0.15, -0.1) is 11.8 Å². The van der Waals surface area contributed by atoms with Crippen LogP contribution in [0.25, 0.3) is 0 Å². The molecule has 6 atom stereocenters. The zero-order valence-electron chi connectivity index (χ0n) is 21.3. The van der Waals surface area contributed by atoms with E-state index in [1.807, 2.05) is 17.8 Å². The van der Waals surface area contributed by atoms with E-state index in [1.165, 1.54) is 37.0 Å². The summed E-state index contributed by atoms with van der Waals surface area (Å²) in [6, 6.07) is 6.14. The second-order valence-corrected chi connectivity index (χ2v) is 13.1. The van der Waals surface area contributed by atoms with Crippen molar-refractivity contribution in [3.05, 3.63) is 18.2 Å². The minimum absolute atomic E-state index is 0.000285. The predicted octanol–water partition coefficient (Wildman–Crippen LogP) is 7.21. The first-order valence-corrected chi connectivity index (χ1v) is 13.6. The lowest BCUT2D eigenvalue weighted by molar-refractivity contribution is -0.144. The fourth-order valence-electron chi connectivity index (χ4n) is 7.76. The first kappa shape index (κ1) is 24.3. The van der Waals surface area contributed by atoms with Crippen LogP contribution < -0.4 is 9.47 Å². The van der Waals surface area contributed by atoms with Crippen LogP contribution in [-0.2, 0) is 0 Å². The molecule has 1 aromatic carbocycles. The van der Waals surface area contributed by atoms with Crippen molar-refractivity contribution in [2.45, 2.75) is 90.1 Å². The van der Waals surface area contributed by atoms with Crippen molar-refractivity contribution >= 4 is 11.8 Å². The lowest BCUT2D eigenvalue weighted by Gasteiger charge is -2.60. The average Bonchev–Trinajstić information content (AvgIpc) is 3.41. The van der Waals surface area contributed by atoms with Crippen LogP contribution in [-0.4, -0.2) is 30.7 Å². The minimum atomic E-state index is -0.509. The Morgan fingerprint density at radius 1 is 1.09 bits per heavy atom. The second-order valence-electron chi connectivity index (χ2n) is 12.0. The first-order valence-electron chi connectivity index (χ1n) is 12.6. The molecule has 0 aromatic heterocycles. The number of rotatable bonds is 8. The van der Waals surface area contributed by atoms with Gasteiger partial charge in [0.25, 0.3) is 0 Å². The molecule has 0 heterocycles. The third-order valence-electron chi connectivity index (χ3n) is 9.99. The first-order chi connectivity index (χ1) is 15.0. The molecule has 180 valence electrons. The van der Waals surface area contributed by atoms with Gasteiger partial charge in [-0.25, -0.2) is 0 Å². The SMILES string of the molecule is CCC(C)CC1CC2C(C)(C)CCCC2(C)C2(CSc3cc(OC)cc(OC)c3)CC12O. The molecule has 4 rings (SSSR count). The molecule has 0 spiro atoms. The summed E-state index contributed by atoms with van der Waals surface area (Å²) in [5.41, 5.74) is 0.0393. The smallest absolute Gasteiger partial charge is 0.123 e. The molecule has 32 heavy (non-hydrogen) atoms. The maximum Gasteiger partial charge on any atom is 0.123 e. The Balaban J connectivity index is 1.67. The van der Waals surface area contributed by atoms with E-state index >= 15 is 0 Å². The standard InChI is InChI=1S/C28H44O3S/c1-8-19(2)12-20-13-24-25(3,4)10-9-11-26(24,5)27(17-28(20,27)29)18-32-23-15-21(30-6)14-22(16-23)31-7/h14-16,19-20,24,29H,8-13,17-18H2,1-7H3. The van der Waals surface area contributed by atoms with Crippen LogP contribution in [0.5, 0.6) is 11.5 Å². The third kappa shape index (κ3) is 3.68. The minimum Gasteiger partial charge on any atom is -0.497 e. The summed E-state index contributed by atoms with van der Waals surface area (Å²) in [5, 5.41) is 12.2. The molecule has 3 saturated carbocycles. The predicted molar refractivity (Wildman–Crippen MR) is 134 cm³/mol. The van der Waals surface area contributed by atoms with E-state index in [2.05, 4.69) is 46.8 Å². The van der Waals surface area contributed by atoms with Crippen LogP contribution in [0, 0.1) is 34.0 Å². The molecule has 0 bridgehead atoms. The van der Waals surface area contributed by atoms with E-state index in [9.17, 15) is 5.11 Å². The van der Waals surface area contributed by atoms with Crippen LogP contribution in [0.4, 0.5) is 0 Å². The summed E-state index contributed by atoms with van der Waals surface area (Å²) in [7, 11) is 3.41. The van der Waals surface area contributed by atoms with Gasteiger partial charge < -0.3 is 14.6 Å². The van der Waals surface area contributed by atoms with Gasteiger partial charge in [-0.05, 0) is 72.8 Å². The molecule has 0 radical (unpaired) electrons. The van der Waals surface area contributed by atoms with Crippen LogP contribution in [0.3, 0.4) is 0 Å². The van der Waals surface area contributed by atoms with Gasteiger partial charge in [-0.3, -0.25) is 0 Å². The van der Waals surface area contributed by atoms with E-state index in [1.54, 1.807) is 14.2 Å². The number of hydrogen-bond acceptors (Lipinski definition) is 4. The Kier molecular flexibility index (Phi) is 6.38. The fraction of sp³-hybridized carbons (Fsp3) is 0.786. The van der Waals surface area contributed by atoms with Gasteiger partial charge in [0.1, 0.15) is 11.5 Å². The highest BCUT2D eigenvalue weighted by Crippen LogP contribution is 2.80. The van der Waals surface area contributed by atoms with Crippen molar-refractivity contribution in [3.8, 4) is 11.5 Å². The van der Waals surface area contributed by atoms with E-state index < -0.39 is 5.60 Å². The molecular weight excluding hydrogens is 416 g/mol. The Labute approximate surface area is 200 Å². The monoisotopic (exact) mass is 460 g/mol. The molecule has 3 nitrogen and oxygen atoms in total. The normalized spacial score (nSPS) is 38.4. The highest BCUT2D eigenvalue weighted by molar-refractivity contribution is 7.99. The van der Waals surface area contributed by atoms with Gasteiger partial charge >= 0.3 is 0 Å². The van der Waals surface area contributed by atoms with Crippen molar-refractivity contribution in [1.82, 2.24) is 0 Å². The van der Waals surface area contributed by atoms with E-state index in [-0.39, 0.29) is 10.8 Å². The van der Waals surface area contributed by atoms with Crippen molar-refractivity contribution in [1.29, 1.82) is 0 Å². The maximum absolute atomic E-state index is 12.2.